The topological polar surface area (TPSA) is 88.1 Å². The van der Waals surface area contributed by atoms with E-state index in [1.165, 1.54) is 0 Å². The van der Waals surface area contributed by atoms with E-state index in [-0.39, 0.29) is 11.0 Å². The number of nitrogens with one attached hydrogen (secondary N) is 1. The maximum atomic E-state index is 11.7. The van der Waals surface area contributed by atoms with Crippen molar-refractivity contribution in [3.05, 3.63) is 64.0 Å². The van der Waals surface area contributed by atoms with E-state index in [4.69, 9.17) is 16.3 Å². The van der Waals surface area contributed by atoms with Gasteiger partial charge in [-0.2, -0.15) is 0 Å². The molecule has 6 nitrogen and oxygen atoms in total. The number of para-hydroxylation sites is 1. The second-order valence-electron chi connectivity index (χ2n) is 6.09. The summed E-state index contributed by atoms with van der Waals surface area (Å²) in [5, 5.41) is 17.5. The molecule has 0 aliphatic rings. The largest absolute Gasteiger partial charge is 0.490 e. The fourth-order valence-electron chi connectivity index (χ4n) is 2.36. The average molecular weight is 416 g/mol. The molecule has 3 aromatic rings. The molecule has 1 heterocycles. The Morgan fingerprint density at radius 1 is 1.21 bits per heavy atom. The van der Waals surface area contributed by atoms with Gasteiger partial charge in [-0.25, -0.2) is 9.78 Å². The van der Waals surface area contributed by atoms with Gasteiger partial charge in [0.1, 0.15) is 10.7 Å². The summed E-state index contributed by atoms with van der Waals surface area (Å²) >= 11 is 6.86. The number of aromatic amines is 1. The van der Waals surface area contributed by atoms with Gasteiger partial charge < -0.3 is 9.84 Å². The molecule has 0 fully saturated rings. The van der Waals surface area contributed by atoms with Crippen LogP contribution in [0.25, 0.3) is 17.5 Å². The number of hydrogen-bond acceptors (Lipinski definition) is 5. The van der Waals surface area contributed by atoms with Crippen molar-refractivity contribution in [1.29, 1.82) is 0 Å². The molecule has 1 aromatic heterocycles. The standard InChI is InChI=1S/C20H18ClN3O3S/c1-12(2)27-16-6-4-3-5-14(16)11-17(19(25)26)28-20-22-18(23-24-20)13-7-9-15(21)10-8-13/h3-12H,1-2H3,(H,25,26)(H,22,23,24)/b17-11-. The summed E-state index contributed by atoms with van der Waals surface area (Å²) in [6.45, 7) is 3.83. The van der Waals surface area contributed by atoms with Gasteiger partial charge in [-0.15, -0.1) is 5.10 Å². The molecule has 0 aliphatic heterocycles. The lowest BCUT2D eigenvalue weighted by atomic mass is 10.2. The highest BCUT2D eigenvalue weighted by Crippen LogP contribution is 2.30. The van der Waals surface area contributed by atoms with Gasteiger partial charge >= 0.3 is 5.97 Å². The zero-order valence-electron chi connectivity index (χ0n) is 15.2. The lowest BCUT2D eigenvalue weighted by Crippen LogP contribution is -2.06. The van der Waals surface area contributed by atoms with Crippen LogP contribution in [0.5, 0.6) is 5.75 Å². The van der Waals surface area contributed by atoms with Crippen molar-refractivity contribution < 1.29 is 14.6 Å². The van der Waals surface area contributed by atoms with Crippen molar-refractivity contribution in [2.24, 2.45) is 0 Å². The second kappa shape index (κ2) is 8.95. The first-order valence-electron chi connectivity index (χ1n) is 8.49. The van der Waals surface area contributed by atoms with Crippen molar-refractivity contribution in [1.82, 2.24) is 15.2 Å². The summed E-state index contributed by atoms with van der Waals surface area (Å²) < 4.78 is 5.75. The van der Waals surface area contributed by atoms with Crippen molar-refractivity contribution in [2.75, 3.05) is 0 Å². The molecule has 3 rings (SSSR count). The first-order chi connectivity index (χ1) is 13.4. The van der Waals surface area contributed by atoms with Crippen LogP contribution in [0.2, 0.25) is 5.02 Å². The number of rotatable bonds is 7. The van der Waals surface area contributed by atoms with Crippen LogP contribution in [-0.2, 0) is 4.79 Å². The molecule has 0 aliphatic carbocycles. The SMILES string of the molecule is CC(C)Oc1ccccc1/C=C(\Sc1n[nH]c(-c2ccc(Cl)cc2)n1)C(=O)O. The van der Waals surface area contributed by atoms with Crippen molar-refractivity contribution in [2.45, 2.75) is 25.1 Å². The minimum absolute atomic E-state index is 0.0228. The number of hydrogen-bond donors (Lipinski definition) is 2. The van der Waals surface area contributed by atoms with Crippen LogP contribution in [0.15, 0.2) is 58.6 Å². The van der Waals surface area contributed by atoms with Gasteiger partial charge in [-0.05, 0) is 62.0 Å². The third-order valence-corrected chi connectivity index (χ3v) is 4.69. The molecule has 28 heavy (non-hydrogen) atoms. The molecule has 2 N–H and O–H groups in total. The van der Waals surface area contributed by atoms with Gasteiger partial charge in [0.2, 0.25) is 5.16 Å². The summed E-state index contributed by atoms with van der Waals surface area (Å²) in [5.41, 5.74) is 1.48. The molecule has 0 unspecified atom stereocenters. The summed E-state index contributed by atoms with van der Waals surface area (Å²) in [4.78, 5) is 16.2. The molecular weight excluding hydrogens is 398 g/mol. The van der Waals surface area contributed by atoms with Crippen LogP contribution in [0.3, 0.4) is 0 Å². The quantitative estimate of drug-likeness (QED) is 0.410. The molecule has 144 valence electrons. The van der Waals surface area contributed by atoms with E-state index in [9.17, 15) is 9.90 Å². The Bertz CT molecular complexity index is 1000. The van der Waals surface area contributed by atoms with Crippen LogP contribution < -0.4 is 4.74 Å². The number of aromatic nitrogens is 3. The normalized spacial score (nSPS) is 11.6. The lowest BCUT2D eigenvalue weighted by molar-refractivity contribution is -0.131. The summed E-state index contributed by atoms with van der Waals surface area (Å²) in [7, 11) is 0. The van der Waals surface area contributed by atoms with E-state index in [0.717, 1.165) is 17.3 Å². The predicted molar refractivity (Wildman–Crippen MR) is 111 cm³/mol. The van der Waals surface area contributed by atoms with Gasteiger partial charge in [0.15, 0.2) is 5.82 Å². The maximum Gasteiger partial charge on any atom is 0.342 e. The third-order valence-electron chi connectivity index (χ3n) is 3.56. The average Bonchev–Trinajstić information content (AvgIpc) is 3.11. The number of carboxylic acid groups (broad SMARTS) is 1. The Kier molecular flexibility index (Phi) is 6.38. The van der Waals surface area contributed by atoms with Crippen molar-refractivity contribution in [3.8, 4) is 17.1 Å². The van der Waals surface area contributed by atoms with E-state index in [0.29, 0.717) is 27.3 Å². The van der Waals surface area contributed by atoms with Gasteiger partial charge in [0.05, 0.1) is 6.10 Å². The highest BCUT2D eigenvalue weighted by atomic mass is 35.5. The molecular formula is C20H18ClN3O3S. The second-order valence-corrected chi connectivity index (χ2v) is 7.54. The Morgan fingerprint density at radius 3 is 2.61 bits per heavy atom. The van der Waals surface area contributed by atoms with Crippen molar-refractivity contribution in [3.63, 3.8) is 0 Å². The summed E-state index contributed by atoms with van der Waals surface area (Å²) in [5.74, 6) is 0.0864. The number of nitrogens with zero attached hydrogens (tertiary/aromatic N) is 2. The minimum Gasteiger partial charge on any atom is -0.490 e. The highest BCUT2D eigenvalue weighted by Gasteiger charge is 2.15. The molecule has 0 saturated heterocycles. The molecule has 0 bridgehead atoms. The van der Waals surface area contributed by atoms with Gasteiger partial charge in [-0.1, -0.05) is 29.8 Å². The summed E-state index contributed by atoms with van der Waals surface area (Å²) in [6.07, 6.45) is 1.54. The monoisotopic (exact) mass is 415 g/mol. The maximum absolute atomic E-state index is 11.7. The Labute approximate surface area is 171 Å². The smallest absolute Gasteiger partial charge is 0.342 e. The van der Waals surface area contributed by atoms with E-state index in [2.05, 4.69) is 15.2 Å². The number of thioether (sulfide) groups is 1. The molecule has 0 radical (unpaired) electrons. The van der Waals surface area contributed by atoms with Crippen LogP contribution in [-0.4, -0.2) is 32.4 Å². The summed E-state index contributed by atoms with van der Waals surface area (Å²) in [6, 6.07) is 14.4. The molecule has 0 spiro atoms. The van der Waals surface area contributed by atoms with E-state index >= 15 is 0 Å². The van der Waals surface area contributed by atoms with Gasteiger partial charge in [0.25, 0.3) is 0 Å². The number of carbonyl (C=O) groups is 1. The number of benzene rings is 2. The number of carboxylic acids is 1. The zero-order chi connectivity index (χ0) is 20.1. The van der Waals surface area contributed by atoms with Crippen LogP contribution >= 0.6 is 23.4 Å². The van der Waals surface area contributed by atoms with Crippen LogP contribution in [0.4, 0.5) is 0 Å². The number of H-pyrrole nitrogens is 1. The number of aliphatic carboxylic acids is 1. The van der Waals surface area contributed by atoms with E-state index in [1.54, 1.807) is 30.3 Å². The molecule has 8 heteroatoms. The molecule has 0 atom stereocenters. The fraction of sp³-hybridized carbons (Fsp3) is 0.150. The Hall–Kier alpha value is -2.77. The highest BCUT2D eigenvalue weighted by molar-refractivity contribution is 8.04. The van der Waals surface area contributed by atoms with Gasteiger partial charge in [-0.3, -0.25) is 5.10 Å². The minimum atomic E-state index is -1.07. The molecule has 0 amide bonds. The van der Waals surface area contributed by atoms with Crippen LogP contribution in [0, 0.1) is 0 Å². The van der Waals surface area contributed by atoms with Crippen molar-refractivity contribution >= 4 is 35.4 Å². The number of ether oxygens (including phenoxy) is 1. The Morgan fingerprint density at radius 2 is 1.93 bits per heavy atom. The van der Waals surface area contributed by atoms with Crippen LogP contribution in [0.1, 0.15) is 19.4 Å². The number of halogens is 1. The van der Waals surface area contributed by atoms with E-state index in [1.807, 2.05) is 38.1 Å². The van der Waals surface area contributed by atoms with Gasteiger partial charge in [0, 0.05) is 16.1 Å². The lowest BCUT2D eigenvalue weighted by Gasteiger charge is -2.12. The third kappa shape index (κ3) is 5.15. The zero-order valence-corrected chi connectivity index (χ0v) is 16.8. The molecule has 2 aromatic carbocycles. The van der Waals surface area contributed by atoms with E-state index < -0.39 is 5.97 Å². The molecule has 0 saturated carbocycles. The first kappa shape index (κ1) is 20.0. The fourth-order valence-corrected chi connectivity index (χ4v) is 3.19. The Balaban J connectivity index is 1.86. The predicted octanol–water partition coefficient (Wildman–Crippen LogP) is 5.13. The first-order valence-corrected chi connectivity index (χ1v) is 9.68.